The van der Waals surface area contributed by atoms with Gasteiger partial charge >= 0.3 is 6.09 Å². The van der Waals surface area contributed by atoms with Crippen LogP contribution in [-0.2, 0) is 17.8 Å². The van der Waals surface area contributed by atoms with E-state index in [4.69, 9.17) is 9.72 Å². The van der Waals surface area contributed by atoms with Crippen LogP contribution in [0.25, 0.3) is 0 Å². The van der Waals surface area contributed by atoms with Crippen molar-refractivity contribution in [2.45, 2.75) is 59.4 Å². The van der Waals surface area contributed by atoms with E-state index in [1.807, 2.05) is 27.8 Å². The average molecular weight is 335 g/mol. The molecule has 2 aliphatic rings. The van der Waals surface area contributed by atoms with Crippen molar-refractivity contribution in [3.05, 3.63) is 17.2 Å². The molecule has 132 valence electrons. The van der Waals surface area contributed by atoms with Crippen molar-refractivity contribution in [1.82, 2.24) is 30.5 Å². The average Bonchev–Trinajstić information content (AvgIpc) is 3.08. The molecule has 2 N–H and O–H groups in total. The number of hydrazone groups is 1. The number of nitrogens with zero attached hydrogens (tertiary/aromatic N) is 5. The van der Waals surface area contributed by atoms with Gasteiger partial charge in [0.05, 0.1) is 24.5 Å². The molecular weight excluding hydrogens is 310 g/mol. The zero-order chi connectivity index (χ0) is 17.6. The van der Waals surface area contributed by atoms with Crippen molar-refractivity contribution < 1.29 is 9.53 Å². The Morgan fingerprint density at radius 2 is 2.00 bits per heavy atom. The lowest BCUT2D eigenvalue weighted by molar-refractivity contribution is 0.0237. The summed E-state index contributed by atoms with van der Waals surface area (Å²) in [6.07, 6.45) is -0.310. The van der Waals surface area contributed by atoms with E-state index >= 15 is 0 Å². The highest BCUT2D eigenvalue weighted by Gasteiger charge is 2.34. The van der Waals surface area contributed by atoms with E-state index < -0.39 is 5.60 Å². The number of nitrogens with one attached hydrogen (secondary N) is 2. The number of rotatable bonds is 2. The first-order valence-electron chi connectivity index (χ1n) is 8.07. The molecule has 0 aromatic carbocycles. The summed E-state index contributed by atoms with van der Waals surface area (Å²) in [4.78, 5) is 18.7. The third-order valence-corrected chi connectivity index (χ3v) is 3.74. The highest BCUT2D eigenvalue weighted by molar-refractivity contribution is 5.96. The van der Waals surface area contributed by atoms with Crippen LogP contribution < -0.4 is 11.0 Å². The lowest BCUT2D eigenvalue weighted by Crippen LogP contribution is -2.39. The molecule has 9 nitrogen and oxygen atoms in total. The molecule has 3 rings (SSSR count). The van der Waals surface area contributed by atoms with Crippen molar-refractivity contribution in [2.24, 2.45) is 5.10 Å². The predicted molar refractivity (Wildman–Crippen MR) is 88.7 cm³/mol. The number of carbonyl (C=O) groups is 1. The number of aromatic nitrogens is 2. The molecule has 0 unspecified atom stereocenters. The monoisotopic (exact) mass is 335 g/mol. The Morgan fingerprint density at radius 1 is 1.29 bits per heavy atom. The second-order valence-electron chi connectivity index (χ2n) is 7.36. The zero-order valence-corrected chi connectivity index (χ0v) is 15.0. The molecule has 3 heterocycles. The Morgan fingerprint density at radius 3 is 2.54 bits per heavy atom. The van der Waals surface area contributed by atoms with Gasteiger partial charge in [-0.15, -0.1) is 10.2 Å². The Labute approximate surface area is 141 Å². The zero-order valence-electron chi connectivity index (χ0n) is 15.0. The van der Waals surface area contributed by atoms with Crippen LogP contribution in [0.5, 0.6) is 0 Å². The third-order valence-electron chi connectivity index (χ3n) is 3.74. The van der Waals surface area contributed by atoms with Crippen LogP contribution in [0.1, 0.15) is 57.9 Å². The largest absolute Gasteiger partial charge is 0.444 e. The number of hydrazine groups is 2. The summed E-state index contributed by atoms with van der Waals surface area (Å²) >= 11 is 0. The van der Waals surface area contributed by atoms with Crippen molar-refractivity contribution in [1.29, 1.82) is 0 Å². The molecule has 0 saturated heterocycles. The summed E-state index contributed by atoms with van der Waals surface area (Å²) in [5, 5.41) is 5.90. The van der Waals surface area contributed by atoms with Crippen LogP contribution in [0, 0.1) is 0 Å². The summed E-state index contributed by atoms with van der Waals surface area (Å²) in [5.74, 6) is 1.44. The van der Waals surface area contributed by atoms with Gasteiger partial charge in [-0.25, -0.2) is 15.3 Å². The maximum absolute atomic E-state index is 12.3. The minimum Gasteiger partial charge on any atom is -0.444 e. The van der Waals surface area contributed by atoms with E-state index in [2.05, 4.69) is 34.5 Å². The van der Waals surface area contributed by atoms with Gasteiger partial charge in [0.1, 0.15) is 5.60 Å². The molecule has 0 atom stereocenters. The van der Waals surface area contributed by atoms with Crippen LogP contribution in [-0.4, -0.2) is 44.1 Å². The maximum Gasteiger partial charge on any atom is 0.410 e. The van der Waals surface area contributed by atoms with E-state index in [0.29, 0.717) is 18.9 Å². The lowest BCUT2D eigenvalue weighted by atomic mass is 10.2. The highest BCUT2D eigenvalue weighted by atomic mass is 16.6. The summed E-state index contributed by atoms with van der Waals surface area (Å²) in [6.45, 7) is 10.7. The van der Waals surface area contributed by atoms with E-state index in [0.717, 1.165) is 17.2 Å². The Bertz CT molecular complexity index is 687. The lowest BCUT2D eigenvalue weighted by Gasteiger charge is -2.24. The quantitative estimate of drug-likeness (QED) is 0.848. The van der Waals surface area contributed by atoms with Crippen LogP contribution in [0.15, 0.2) is 5.10 Å². The topological polar surface area (TPSA) is 87.0 Å². The summed E-state index contributed by atoms with van der Waals surface area (Å²) in [6, 6.07) is 0.199. The Balaban J connectivity index is 1.85. The molecule has 0 bridgehead atoms. The first-order chi connectivity index (χ1) is 11.2. The molecule has 2 aliphatic heterocycles. The molecule has 1 amide bonds. The molecule has 0 saturated carbocycles. The minimum absolute atomic E-state index is 0.199. The Hall–Kier alpha value is -2.29. The van der Waals surface area contributed by atoms with Gasteiger partial charge in [-0.3, -0.25) is 10.3 Å². The smallest absolute Gasteiger partial charge is 0.410 e. The molecule has 24 heavy (non-hydrogen) atoms. The second-order valence-corrected chi connectivity index (χ2v) is 7.36. The van der Waals surface area contributed by atoms with Gasteiger partial charge < -0.3 is 9.30 Å². The van der Waals surface area contributed by atoms with Crippen molar-refractivity contribution in [2.75, 3.05) is 7.05 Å². The van der Waals surface area contributed by atoms with E-state index in [-0.39, 0.29) is 12.1 Å². The van der Waals surface area contributed by atoms with E-state index in [1.165, 1.54) is 0 Å². The molecule has 1 aromatic heterocycles. The van der Waals surface area contributed by atoms with Gasteiger partial charge in [0.15, 0.2) is 5.82 Å². The molecule has 0 radical (unpaired) electrons. The van der Waals surface area contributed by atoms with Crippen LogP contribution in [0.3, 0.4) is 0 Å². The van der Waals surface area contributed by atoms with Gasteiger partial charge in [-0.05, 0) is 34.6 Å². The van der Waals surface area contributed by atoms with Crippen molar-refractivity contribution in [3.63, 3.8) is 0 Å². The molecule has 0 aliphatic carbocycles. The summed E-state index contributed by atoms with van der Waals surface area (Å²) in [5.41, 5.74) is 7.35. The number of imidazole rings is 1. The fraction of sp³-hybridized carbons (Fsp3) is 0.667. The van der Waals surface area contributed by atoms with Crippen LogP contribution in [0.2, 0.25) is 0 Å². The normalized spacial score (nSPS) is 17.6. The predicted octanol–water partition coefficient (Wildman–Crippen LogP) is 1.33. The Kier molecular flexibility index (Phi) is 3.90. The molecular formula is C15H25N7O2. The highest BCUT2D eigenvalue weighted by Crippen LogP contribution is 2.28. The number of amidine groups is 1. The van der Waals surface area contributed by atoms with Crippen LogP contribution in [0.4, 0.5) is 4.79 Å². The number of ether oxygens (including phenoxy) is 1. The van der Waals surface area contributed by atoms with Gasteiger partial charge in [-0.1, -0.05) is 0 Å². The van der Waals surface area contributed by atoms with Crippen molar-refractivity contribution >= 4 is 11.9 Å². The molecule has 0 spiro atoms. The number of hydrogen-bond acceptors (Lipinski definition) is 7. The minimum atomic E-state index is -0.505. The first kappa shape index (κ1) is 16.6. The fourth-order valence-electron chi connectivity index (χ4n) is 2.84. The number of fused-ring (bicyclic) bond motifs is 1. The maximum atomic E-state index is 12.3. The van der Waals surface area contributed by atoms with Gasteiger partial charge in [0.2, 0.25) is 5.84 Å². The standard InChI is InChI=1S/C15H25N7O2/c1-9(2)22-11-8-21(14(23)24-15(3,4)5)7-10(11)16-13(22)12-17-19-20(6)18-12/h9,19H,7-8H2,1-6H3,(H,17,18). The third kappa shape index (κ3) is 3.03. The summed E-state index contributed by atoms with van der Waals surface area (Å²) in [7, 11) is 1.83. The van der Waals surface area contributed by atoms with Crippen LogP contribution >= 0.6 is 0 Å². The summed E-state index contributed by atoms with van der Waals surface area (Å²) < 4.78 is 7.58. The number of carbonyl (C=O) groups excluding carboxylic acids is 1. The molecule has 9 heteroatoms. The van der Waals surface area contributed by atoms with Gasteiger partial charge in [0.25, 0.3) is 0 Å². The fourth-order valence-corrected chi connectivity index (χ4v) is 2.84. The second kappa shape index (κ2) is 5.66. The first-order valence-corrected chi connectivity index (χ1v) is 8.07. The van der Waals surface area contributed by atoms with E-state index in [1.54, 1.807) is 10.0 Å². The van der Waals surface area contributed by atoms with E-state index in [9.17, 15) is 4.79 Å². The van der Waals surface area contributed by atoms with Gasteiger partial charge in [-0.2, -0.15) is 0 Å². The van der Waals surface area contributed by atoms with Crippen molar-refractivity contribution in [3.8, 4) is 0 Å². The van der Waals surface area contributed by atoms with Gasteiger partial charge in [0, 0.05) is 13.1 Å². The molecule has 0 fully saturated rings. The number of amides is 1. The number of hydrogen-bond donors (Lipinski definition) is 2. The SMILES string of the molecule is CC(C)n1c(C2=NNN(C)N2)nc2c1CN(C(=O)OC(C)(C)C)C2. The molecule has 1 aromatic rings.